The van der Waals surface area contributed by atoms with Gasteiger partial charge in [-0.2, -0.15) is 0 Å². The number of para-hydroxylation sites is 4. The highest BCUT2D eigenvalue weighted by atomic mass is 15.1. The molecule has 2 nitrogen and oxygen atoms in total. The van der Waals surface area contributed by atoms with Crippen molar-refractivity contribution in [2.75, 3.05) is 9.80 Å². The van der Waals surface area contributed by atoms with Crippen molar-refractivity contribution in [1.29, 1.82) is 0 Å². The van der Waals surface area contributed by atoms with Crippen molar-refractivity contribution in [2.45, 2.75) is 27.7 Å². The van der Waals surface area contributed by atoms with Crippen LogP contribution in [0.3, 0.4) is 0 Å². The van der Waals surface area contributed by atoms with Crippen LogP contribution in [0, 0.1) is 27.7 Å². The Morgan fingerprint density at radius 2 is 0.556 bits per heavy atom. The minimum absolute atomic E-state index is 1.13. The molecule has 0 amide bonds. The van der Waals surface area contributed by atoms with Crippen molar-refractivity contribution in [3.8, 4) is 33.4 Å². The van der Waals surface area contributed by atoms with Crippen molar-refractivity contribution >= 4 is 34.1 Å². The van der Waals surface area contributed by atoms with Gasteiger partial charge in [0.25, 0.3) is 0 Å². The van der Waals surface area contributed by atoms with Crippen LogP contribution in [-0.4, -0.2) is 0 Å². The normalized spacial score (nSPS) is 11.0. The zero-order chi connectivity index (χ0) is 37.0. The van der Waals surface area contributed by atoms with Gasteiger partial charge in [-0.05, 0) is 133 Å². The van der Waals surface area contributed by atoms with Crippen molar-refractivity contribution in [3.63, 3.8) is 0 Å². The number of aryl methyl sites for hydroxylation is 4. The summed E-state index contributed by atoms with van der Waals surface area (Å²) in [6, 6.07) is 69.6. The Morgan fingerprint density at radius 3 is 0.889 bits per heavy atom. The van der Waals surface area contributed by atoms with E-state index >= 15 is 0 Å². The average Bonchev–Trinajstić information content (AvgIpc) is 3.21. The molecule has 0 unspecified atom stereocenters. The largest absolute Gasteiger partial charge is 0.310 e. The zero-order valence-electron chi connectivity index (χ0n) is 31.4. The molecule has 0 N–H and O–H groups in total. The lowest BCUT2D eigenvalue weighted by Crippen LogP contribution is -2.13. The topological polar surface area (TPSA) is 6.48 Å². The van der Waals surface area contributed by atoms with Gasteiger partial charge < -0.3 is 9.80 Å². The SMILES string of the molecule is Cc1cc(N(c2ccccc2)c2ccccc2-c2ccccc2)cc(C)c1-c1c(C)cc(N(c2ccccc2)c2ccccc2-c2ccccc2)cc1C. The Kier molecular flexibility index (Phi) is 9.66. The van der Waals surface area contributed by atoms with Gasteiger partial charge in [-0.1, -0.05) is 133 Å². The fourth-order valence-corrected chi connectivity index (χ4v) is 8.00. The Morgan fingerprint density at radius 1 is 0.278 bits per heavy atom. The fourth-order valence-electron chi connectivity index (χ4n) is 8.00. The third-order valence-electron chi connectivity index (χ3n) is 10.3. The molecule has 54 heavy (non-hydrogen) atoms. The van der Waals surface area contributed by atoms with Crippen LogP contribution in [0.25, 0.3) is 33.4 Å². The second kappa shape index (κ2) is 15.1. The van der Waals surface area contributed by atoms with Crippen LogP contribution in [0.1, 0.15) is 22.3 Å². The maximum Gasteiger partial charge on any atom is 0.0540 e. The van der Waals surface area contributed by atoms with E-state index in [1.54, 1.807) is 0 Å². The summed E-state index contributed by atoms with van der Waals surface area (Å²) in [6.45, 7) is 9.04. The quantitative estimate of drug-likeness (QED) is 0.148. The minimum atomic E-state index is 1.13. The number of nitrogens with zero attached hydrogens (tertiary/aromatic N) is 2. The molecule has 0 atom stereocenters. The molecule has 0 spiro atoms. The standard InChI is InChI=1S/C52H44N2/c1-37-33-45(53(43-25-13-7-14-26-43)49-31-19-17-29-47(49)41-21-9-5-10-22-41)34-38(2)51(37)52-39(3)35-46(36-40(52)4)54(44-27-15-8-16-28-44)50-32-20-18-30-48(50)42-23-11-6-12-24-42/h5-36H,1-4H3. The Bertz CT molecular complexity index is 2300. The predicted octanol–water partition coefficient (Wildman–Crippen LogP) is 14.9. The summed E-state index contributed by atoms with van der Waals surface area (Å²) in [5.41, 5.74) is 19.2. The van der Waals surface area contributed by atoms with E-state index < -0.39 is 0 Å². The van der Waals surface area contributed by atoms with Gasteiger partial charge in [0.15, 0.2) is 0 Å². The van der Waals surface area contributed by atoms with Gasteiger partial charge in [0.1, 0.15) is 0 Å². The van der Waals surface area contributed by atoms with Gasteiger partial charge in [0, 0.05) is 33.9 Å². The third kappa shape index (κ3) is 6.71. The molecule has 0 heterocycles. The minimum Gasteiger partial charge on any atom is -0.310 e. The van der Waals surface area contributed by atoms with Gasteiger partial charge in [0.05, 0.1) is 11.4 Å². The molecule has 0 aliphatic carbocycles. The second-order valence-corrected chi connectivity index (χ2v) is 14.0. The van der Waals surface area contributed by atoms with Gasteiger partial charge in [-0.3, -0.25) is 0 Å². The van der Waals surface area contributed by atoms with E-state index in [2.05, 4.69) is 232 Å². The lowest BCUT2D eigenvalue weighted by molar-refractivity contribution is 1.23. The van der Waals surface area contributed by atoms with Crippen molar-refractivity contribution in [3.05, 3.63) is 216 Å². The molecular weight excluding hydrogens is 653 g/mol. The number of anilines is 6. The first-order valence-corrected chi connectivity index (χ1v) is 18.7. The van der Waals surface area contributed by atoms with Crippen LogP contribution in [0.15, 0.2) is 194 Å². The highest BCUT2D eigenvalue weighted by molar-refractivity contribution is 5.92. The summed E-state index contributed by atoms with van der Waals surface area (Å²) in [5.74, 6) is 0. The molecule has 0 radical (unpaired) electrons. The Hall–Kier alpha value is -6.64. The average molecular weight is 697 g/mol. The Balaban J connectivity index is 1.25. The van der Waals surface area contributed by atoms with Gasteiger partial charge >= 0.3 is 0 Å². The molecule has 0 aliphatic heterocycles. The van der Waals surface area contributed by atoms with E-state index in [0.29, 0.717) is 0 Å². The van der Waals surface area contributed by atoms with Gasteiger partial charge in [-0.15, -0.1) is 0 Å². The van der Waals surface area contributed by atoms with Crippen LogP contribution in [0.4, 0.5) is 34.1 Å². The molecule has 8 aromatic carbocycles. The van der Waals surface area contributed by atoms with E-state index in [1.807, 2.05) is 0 Å². The summed E-state index contributed by atoms with van der Waals surface area (Å²) in [7, 11) is 0. The van der Waals surface area contributed by atoms with Crippen molar-refractivity contribution < 1.29 is 0 Å². The van der Waals surface area contributed by atoms with E-state index in [1.165, 1.54) is 55.6 Å². The maximum atomic E-state index is 2.40. The van der Waals surface area contributed by atoms with E-state index in [0.717, 1.165) is 34.1 Å². The lowest BCUT2D eigenvalue weighted by atomic mass is 9.88. The first-order chi connectivity index (χ1) is 26.5. The highest BCUT2D eigenvalue weighted by Gasteiger charge is 2.22. The number of rotatable bonds is 9. The van der Waals surface area contributed by atoms with Crippen LogP contribution in [-0.2, 0) is 0 Å². The van der Waals surface area contributed by atoms with Crippen LogP contribution in [0.5, 0.6) is 0 Å². The van der Waals surface area contributed by atoms with E-state index in [4.69, 9.17) is 0 Å². The number of benzene rings is 8. The van der Waals surface area contributed by atoms with Crippen LogP contribution >= 0.6 is 0 Å². The molecule has 0 aromatic heterocycles. The summed E-state index contributed by atoms with van der Waals surface area (Å²) in [6.07, 6.45) is 0. The van der Waals surface area contributed by atoms with Crippen molar-refractivity contribution in [1.82, 2.24) is 0 Å². The van der Waals surface area contributed by atoms with E-state index in [9.17, 15) is 0 Å². The molecule has 0 saturated carbocycles. The molecule has 8 aromatic rings. The molecule has 2 heteroatoms. The summed E-state index contributed by atoms with van der Waals surface area (Å²) in [5, 5.41) is 0. The van der Waals surface area contributed by atoms with Gasteiger partial charge in [-0.25, -0.2) is 0 Å². The molecule has 0 bridgehead atoms. The summed E-state index contributed by atoms with van der Waals surface area (Å²) < 4.78 is 0. The Labute approximate surface area is 320 Å². The highest BCUT2D eigenvalue weighted by Crippen LogP contribution is 2.46. The van der Waals surface area contributed by atoms with E-state index in [-0.39, 0.29) is 0 Å². The number of hydrogen-bond acceptors (Lipinski definition) is 2. The lowest BCUT2D eigenvalue weighted by Gasteiger charge is -2.30. The van der Waals surface area contributed by atoms with Crippen molar-refractivity contribution in [2.24, 2.45) is 0 Å². The first-order valence-electron chi connectivity index (χ1n) is 18.7. The maximum absolute atomic E-state index is 2.40. The summed E-state index contributed by atoms with van der Waals surface area (Å²) >= 11 is 0. The number of hydrogen-bond donors (Lipinski definition) is 0. The van der Waals surface area contributed by atoms with Gasteiger partial charge in [0.2, 0.25) is 0 Å². The molecule has 262 valence electrons. The monoisotopic (exact) mass is 696 g/mol. The predicted molar refractivity (Wildman–Crippen MR) is 231 cm³/mol. The third-order valence-corrected chi connectivity index (χ3v) is 10.3. The zero-order valence-corrected chi connectivity index (χ0v) is 31.4. The van der Waals surface area contributed by atoms with Crippen LogP contribution in [0.2, 0.25) is 0 Å². The molecule has 8 rings (SSSR count). The smallest absolute Gasteiger partial charge is 0.0540 e. The summed E-state index contributed by atoms with van der Waals surface area (Å²) in [4.78, 5) is 4.80. The van der Waals surface area contributed by atoms with Crippen LogP contribution < -0.4 is 9.80 Å². The molecular formula is C52H44N2. The first kappa shape index (κ1) is 34.4. The molecule has 0 aliphatic rings. The second-order valence-electron chi connectivity index (χ2n) is 14.0. The molecule has 0 saturated heterocycles. The fraction of sp³-hybridized carbons (Fsp3) is 0.0769. The molecule has 0 fully saturated rings.